The number of aryl methyl sites for hydroxylation is 1. The predicted octanol–water partition coefficient (Wildman–Crippen LogP) is 3.48. The smallest absolute Gasteiger partial charge is 0.169 e. The third-order valence-corrected chi connectivity index (χ3v) is 2.87. The molecule has 2 rings (SSSR count). The number of hydrogen-bond acceptors (Lipinski definition) is 4. The van der Waals surface area contributed by atoms with Gasteiger partial charge in [-0.15, -0.1) is 0 Å². The predicted molar refractivity (Wildman–Crippen MR) is 74.3 cm³/mol. The second-order valence-electron chi connectivity index (χ2n) is 4.22. The Morgan fingerprint density at radius 3 is 2.55 bits per heavy atom. The van der Waals surface area contributed by atoms with E-state index in [1.165, 1.54) is 7.11 Å². The van der Waals surface area contributed by atoms with E-state index in [1.54, 1.807) is 36.4 Å². The van der Waals surface area contributed by atoms with E-state index in [9.17, 15) is 4.79 Å². The molecule has 4 nitrogen and oxygen atoms in total. The second-order valence-corrected chi connectivity index (χ2v) is 4.22. The number of carbonyl (C=O) groups is 1. The van der Waals surface area contributed by atoms with Crippen molar-refractivity contribution in [2.24, 2.45) is 0 Å². The summed E-state index contributed by atoms with van der Waals surface area (Å²) in [6.45, 7) is 1.85. The standard InChI is InChI=1S/C16H13NO3/c1-11-7-14(5-4-13(11)9-17)20-15-6-3-12(10-18)8-16(15)19-2/h3-8,10H,1-2H3. The van der Waals surface area contributed by atoms with Crippen LogP contribution >= 0.6 is 0 Å². The fraction of sp³-hybridized carbons (Fsp3) is 0.125. The van der Waals surface area contributed by atoms with E-state index < -0.39 is 0 Å². The van der Waals surface area contributed by atoms with Gasteiger partial charge in [0.15, 0.2) is 11.5 Å². The summed E-state index contributed by atoms with van der Waals surface area (Å²) in [4.78, 5) is 10.7. The van der Waals surface area contributed by atoms with Crippen molar-refractivity contribution in [3.8, 4) is 23.3 Å². The van der Waals surface area contributed by atoms with Gasteiger partial charge in [-0.3, -0.25) is 4.79 Å². The van der Waals surface area contributed by atoms with Gasteiger partial charge in [0.25, 0.3) is 0 Å². The van der Waals surface area contributed by atoms with Crippen LogP contribution in [0.1, 0.15) is 21.5 Å². The molecule has 0 aliphatic carbocycles. The van der Waals surface area contributed by atoms with Gasteiger partial charge < -0.3 is 9.47 Å². The van der Waals surface area contributed by atoms with E-state index in [1.807, 2.05) is 6.92 Å². The Morgan fingerprint density at radius 1 is 1.15 bits per heavy atom. The van der Waals surface area contributed by atoms with Crippen molar-refractivity contribution in [2.75, 3.05) is 7.11 Å². The first-order valence-corrected chi connectivity index (χ1v) is 5.99. The van der Waals surface area contributed by atoms with Crippen molar-refractivity contribution >= 4 is 6.29 Å². The molecular weight excluding hydrogens is 254 g/mol. The molecule has 0 spiro atoms. The molecule has 0 aromatic heterocycles. The van der Waals surface area contributed by atoms with Crippen molar-refractivity contribution in [3.05, 3.63) is 53.1 Å². The second kappa shape index (κ2) is 5.89. The summed E-state index contributed by atoms with van der Waals surface area (Å²) >= 11 is 0. The largest absolute Gasteiger partial charge is 0.493 e. The summed E-state index contributed by atoms with van der Waals surface area (Å²) in [6, 6.07) is 12.3. The van der Waals surface area contributed by atoms with Gasteiger partial charge in [0.2, 0.25) is 0 Å². The monoisotopic (exact) mass is 267 g/mol. The topological polar surface area (TPSA) is 59.3 Å². The van der Waals surface area contributed by atoms with Crippen LogP contribution in [0.15, 0.2) is 36.4 Å². The van der Waals surface area contributed by atoms with Gasteiger partial charge in [-0.1, -0.05) is 0 Å². The minimum absolute atomic E-state index is 0.483. The molecule has 20 heavy (non-hydrogen) atoms. The minimum atomic E-state index is 0.483. The molecule has 100 valence electrons. The minimum Gasteiger partial charge on any atom is -0.493 e. The van der Waals surface area contributed by atoms with Crippen molar-refractivity contribution in [1.29, 1.82) is 5.26 Å². The number of aldehydes is 1. The van der Waals surface area contributed by atoms with Crippen LogP contribution in [0.2, 0.25) is 0 Å². The fourth-order valence-electron chi connectivity index (χ4n) is 1.79. The number of rotatable bonds is 4. The van der Waals surface area contributed by atoms with E-state index in [2.05, 4.69) is 6.07 Å². The Balaban J connectivity index is 2.32. The lowest BCUT2D eigenvalue weighted by Crippen LogP contribution is -1.93. The van der Waals surface area contributed by atoms with E-state index >= 15 is 0 Å². The third kappa shape index (κ3) is 2.78. The number of benzene rings is 2. The molecule has 0 N–H and O–H groups in total. The maximum absolute atomic E-state index is 10.7. The molecule has 0 atom stereocenters. The molecular formula is C16H13NO3. The van der Waals surface area contributed by atoms with Crippen LogP contribution in [0.25, 0.3) is 0 Å². The van der Waals surface area contributed by atoms with E-state index in [-0.39, 0.29) is 0 Å². The highest BCUT2D eigenvalue weighted by Crippen LogP contribution is 2.32. The van der Waals surface area contributed by atoms with Gasteiger partial charge >= 0.3 is 0 Å². The highest BCUT2D eigenvalue weighted by atomic mass is 16.5. The summed E-state index contributed by atoms with van der Waals surface area (Å²) < 4.78 is 10.9. The first-order chi connectivity index (χ1) is 9.67. The first-order valence-electron chi connectivity index (χ1n) is 5.99. The number of ether oxygens (including phenoxy) is 2. The van der Waals surface area contributed by atoms with Crippen LogP contribution < -0.4 is 9.47 Å². The average Bonchev–Trinajstić information content (AvgIpc) is 2.48. The molecule has 0 aliphatic rings. The SMILES string of the molecule is COc1cc(C=O)ccc1Oc1ccc(C#N)c(C)c1. The summed E-state index contributed by atoms with van der Waals surface area (Å²) in [6.07, 6.45) is 0.748. The number of nitrogens with zero attached hydrogens (tertiary/aromatic N) is 1. The zero-order chi connectivity index (χ0) is 14.5. The molecule has 0 amide bonds. The molecule has 2 aromatic carbocycles. The van der Waals surface area contributed by atoms with Crippen molar-refractivity contribution < 1.29 is 14.3 Å². The summed E-state index contributed by atoms with van der Waals surface area (Å²) in [5, 5.41) is 8.90. The summed E-state index contributed by atoms with van der Waals surface area (Å²) in [5.74, 6) is 1.61. The molecule has 0 aliphatic heterocycles. The van der Waals surface area contributed by atoms with Crippen LogP contribution in [0.5, 0.6) is 17.2 Å². The first kappa shape index (κ1) is 13.6. The normalized spacial score (nSPS) is 9.65. The van der Waals surface area contributed by atoms with Crippen LogP contribution in [0, 0.1) is 18.3 Å². The van der Waals surface area contributed by atoms with Crippen LogP contribution in [0.4, 0.5) is 0 Å². The lowest BCUT2D eigenvalue weighted by Gasteiger charge is -2.11. The number of nitriles is 1. The molecule has 0 bridgehead atoms. The maximum Gasteiger partial charge on any atom is 0.169 e. The molecule has 0 heterocycles. The third-order valence-electron chi connectivity index (χ3n) is 2.87. The quantitative estimate of drug-likeness (QED) is 0.796. The van der Waals surface area contributed by atoms with Crippen molar-refractivity contribution in [1.82, 2.24) is 0 Å². The van der Waals surface area contributed by atoms with Crippen molar-refractivity contribution in [3.63, 3.8) is 0 Å². The lowest BCUT2D eigenvalue weighted by atomic mass is 10.1. The zero-order valence-corrected chi connectivity index (χ0v) is 11.2. The van der Waals surface area contributed by atoms with Crippen LogP contribution in [0.3, 0.4) is 0 Å². The van der Waals surface area contributed by atoms with E-state index in [4.69, 9.17) is 14.7 Å². The average molecular weight is 267 g/mol. The maximum atomic E-state index is 10.7. The highest BCUT2D eigenvalue weighted by Gasteiger charge is 2.08. The Kier molecular flexibility index (Phi) is 4.02. The zero-order valence-electron chi connectivity index (χ0n) is 11.2. The Hall–Kier alpha value is -2.80. The molecule has 0 saturated heterocycles. The van der Waals surface area contributed by atoms with Gasteiger partial charge in [-0.05, 0) is 48.9 Å². The number of methoxy groups -OCH3 is 1. The molecule has 0 saturated carbocycles. The van der Waals surface area contributed by atoms with Gasteiger partial charge in [0.05, 0.1) is 18.7 Å². The fourth-order valence-corrected chi connectivity index (χ4v) is 1.79. The van der Waals surface area contributed by atoms with Crippen molar-refractivity contribution in [2.45, 2.75) is 6.92 Å². The van der Waals surface area contributed by atoms with Gasteiger partial charge in [-0.25, -0.2) is 0 Å². The van der Waals surface area contributed by atoms with E-state index in [0.29, 0.717) is 28.4 Å². The Labute approximate surface area is 117 Å². The molecule has 0 radical (unpaired) electrons. The molecule has 4 heteroatoms. The lowest BCUT2D eigenvalue weighted by molar-refractivity contribution is 0.112. The van der Waals surface area contributed by atoms with Gasteiger partial charge in [0.1, 0.15) is 12.0 Å². The number of carbonyl (C=O) groups excluding carboxylic acids is 1. The highest BCUT2D eigenvalue weighted by molar-refractivity contribution is 5.76. The van der Waals surface area contributed by atoms with Gasteiger partial charge in [0, 0.05) is 5.56 Å². The Bertz CT molecular complexity index is 687. The van der Waals surface area contributed by atoms with Crippen LogP contribution in [-0.2, 0) is 0 Å². The Morgan fingerprint density at radius 2 is 1.95 bits per heavy atom. The summed E-state index contributed by atoms with van der Waals surface area (Å²) in [5.41, 5.74) is 1.97. The molecule has 0 fully saturated rings. The molecule has 2 aromatic rings. The number of hydrogen-bond donors (Lipinski definition) is 0. The van der Waals surface area contributed by atoms with E-state index in [0.717, 1.165) is 11.8 Å². The van der Waals surface area contributed by atoms with Crippen LogP contribution in [-0.4, -0.2) is 13.4 Å². The van der Waals surface area contributed by atoms with Gasteiger partial charge in [-0.2, -0.15) is 5.26 Å². The molecule has 0 unspecified atom stereocenters. The summed E-state index contributed by atoms with van der Waals surface area (Å²) in [7, 11) is 1.51.